The lowest BCUT2D eigenvalue weighted by molar-refractivity contribution is 0.575. The van der Waals surface area contributed by atoms with E-state index in [1.165, 1.54) is 6.20 Å². The summed E-state index contributed by atoms with van der Waals surface area (Å²) in [6.45, 7) is 2.07. The van der Waals surface area contributed by atoms with Gasteiger partial charge in [-0.15, -0.1) is 0 Å². The van der Waals surface area contributed by atoms with Gasteiger partial charge in [-0.05, 0) is 30.0 Å². The van der Waals surface area contributed by atoms with Gasteiger partial charge in [0.15, 0.2) is 14.9 Å². The maximum atomic E-state index is 12.4. The molecule has 2 aromatic rings. The van der Waals surface area contributed by atoms with E-state index in [0.717, 1.165) is 18.4 Å². The summed E-state index contributed by atoms with van der Waals surface area (Å²) in [5.41, 5.74) is 1.08. The lowest BCUT2D eigenvalue weighted by Crippen LogP contribution is -2.16. The number of pyridine rings is 1. The first-order valence-corrected chi connectivity index (χ1v) is 8.47. The molecule has 0 N–H and O–H groups in total. The first-order valence-electron chi connectivity index (χ1n) is 6.82. The van der Waals surface area contributed by atoms with Crippen LogP contribution in [0, 0.1) is 0 Å². The third kappa shape index (κ3) is 3.67. The predicted molar refractivity (Wildman–Crippen MR) is 80.4 cm³/mol. The first-order chi connectivity index (χ1) is 9.63. The van der Waals surface area contributed by atoms with Crippen LogP contribution in [0.1, 0.15) is 31.2 Å². The van der Waals surface area contributed by atoms with Crippen molar-refractivity contribution in [1.29, 1.82) is 0 Å². The minimum atomic E-state index is -3.34. The molecule has 0 aliphatic heterocycles. The van der Waals surface area contributed by atoms with Crippen LogP contribution in [0.3, 0.4) is 0 Å². The van der Waals surface area contributed by atoms with Crippen LogP contribution >= 0.6 is 0 Å². The predicted octanol–water partition coefficient (Wildman–Crippen LogP) is 3.44. The lowest BCUT2D eigenvalue weighted by Gasteiger charge is -2.16. The normalized spacial score (nSPS) is 13.1. The molecule has 1 aromatic heterocycles. The number of sulfone groups is 1. The summed E-state index contributed by atoms with van der Waals surface area (Å²) in [5, 5.41) is 0.164. The summed E-state index contributed by atoms with van der Waals surface area (Å²) in [6, 6.07) is 14.8. The molecule has 2 rings (SSSR count). The lowest BCUT2D eigenvalue weighted by atomic mass is 9.97. The Kier molecular flexibility index (Phi) is 4.90. The molecule has 3 nitrogen and oxygen atoms in total. The van der Waals surface area contributed by atoms with E-state index >= 15 is 0 Å². The molecule has 0 amide bonds. The smallest absolute Gasteiger partial charge is 0.196 e. The monoisotopic (exact) mass is 289 g/mol. The van der Waals surface area contributed by atoms with Crippen molar-refractivity contribution in [3.8, 4) is 0 Å². The van der Waals surface area contributed by atoms with Gasteiger partial charge in [0.2, 0.25) is 0 Å². The molecule has 0 fully saturated rings. The van der Waals surface area contributed by atoms with E-state index in [2.05, 4.69) is 11.9 Å². The van der Waals surface area contributed by atoms with Gasteiger partial charge in [-0.1, -0.05) is 49.7 Å². The van der Waals surface area contributed by atoms with Crippen molar-refractivity contribution >= 4 is 9.84 Å². The molecule has 20 heavy (non-hydrogen) atoms. The largest absolute Gasteiger partial charge is 0.245 e. The second-order valence-electron chi connectivity index (χ2n) is 4.85. The fourth-order valence-electron chi connectivity index (χ4n) is 2.30. The Hall–Kier alpha value is -1.68. The molecular weight excluding hydrogens is 270 g/mol. The van der Waals surface area contributed by atoms with Gasteiger partial charge in [-0.2, -0.15) is 0 Å². The fourth-order valence-corrected chi connectivity index (χ4v) is 3.87. The Morgan fingerprint density at radius 1 is 1.05 bits per heavy atom. The topological polar surface area (TPSA) is 47.0 Å². The van der Waals surface area contributed by atoms with Gasteiger partial charge in [-0.25, -0.2) is 13.4 Å². The van der Waals surface area contributed by atoms with Crippen LogP contribution in [0.2, 0.25) is 0 Å². The van der Waals surface area contributed by atoms with Gasteiger partial charge in [0.1, 0.15) is 0 Å². The molecule has 1 aromatic carbocycles. The number of benzene rings is 1. The molecule has 0 aliphatic rings. The van der Waals surface area contributed by atoms with Gasteiger partial charge in [0, 0.05) is 6.20 Å². The maximum Gasteiger partial charge on any atom is 0.196 e. The van der Waals surface area contributed by atoms with E-state index in [4.69, 9.17) is 0 Å². The van der Waals surface area contributed by atoms with Crippen molar-refractivity contribution in [3.63, 3.8) is 0 Å². The van der Waals surface area contributed by atoms with Crippen LogP contribution in [0.15, 0.2) is 59.8 Å². The number of hydrogen-bond donors (Lipinski definition) is 0. The molecule has 106 valence electrons. The van der Waals surface area contributed by atoms with Crippen molar-refractivity contribution in [2.24, 2.45) is 0 Å². The summed E-state index contributed by atoms with van der Waals surface area (Å²) in [5.74, 6) is 0.134. The zero-order valence-electron chi connectivity index (χ0n) is 11.6. The van der Waals surface area contributed by atoms with Crippen LogP contribution in [0.25, 0.3) is 0 Å². The second kappa shape index (κ2) is 6.66. The SMILES string of the molecule is CCC[C@@H](CS(=O)(=O)c1ccccn1)c1ccccc1. The van der Waals surface area contributed by atoms with Crippen molar-refractivity contribution in [2.45, 2.75) is 30.7 Å². The van der Waals surface area contributed by atoms with E-state index in [9.17, 15) is 8.42 Å². The number of aromatic nitrogens is 1. The number of hydrogen-bond acceptors (Lipinski definition) is 3. The van der Waals surface area contributed by atoms with Crippen LogP contribution < -0.4 is 0 Å². The van der Waals surface area contributed by atoms with Gasteiger partial charge < -0.3 is 0 Å². The highest BCUT2D eigenvalue weighted by molar-refractivity contribution is 7.91. The zero-order valence-corrected chi connectivity index (χ0v) is 12.4. The highest BCUT2D eigenvalue weighted by atomic mass is 32.2. The summed E-state index contributed by atoms with van der Waals surface area (Å²) in [6.07, 6.45) is 3.33. The van der Waals surface area contributed by atoms with Gasteiger partial charge in [0.25, 0.3) is 0 Å². The Balaban J connectivity index is 2.25. The Bertz CT molecular complexity index is 624. The molecule has 0 spiro atoms. The summed E-state index contributed by atoms with van der Waals surface area (Å²) >= 11 is 0. The number of rotatable bonds is 6. The third-order valence-electron chi connectivity index (χ3n) is 3.29. The molecule has 4 heteroatoms. The highest BCUT2D eigenvalue weighted by Crippen LogP contribution is 2.25. The molecule has 1 heterocycles. The van der Waals surface area contributed by atoms with E-state index in [1.807, 2.05) is 30.3 Å². The van der Waals surface area contributed by atoms with E-state index in [0.29, 0.717) is 0 Å². The molecule has 0 radical (unpaired) electrons. The highest BCUT2D eigenvalue weighted by Gasteiger charge is 2.22. The van der Waals surface area contributed by atoms with Crippen molar-refractivity contribution in [2.75, 3.05) is 5.75 Å². The molecule has 0 unspecified atom stereocenters. The van der Waals surface area contributed by atoms with Gasteiger partial charge in [0.05, 0.1) is 5.75 Å². The maximum absolute atomic E-state index is 12.4. The van der Waals surface area contributed by atoms with Crippen molar-refractivity contribution < 1.29 is 8.42 Å². The van der Waals surface area contributed by atoms with Crippen LogP contribution in [0.5, 0.6) is 0 Å². The summed E-state index contributed by atoms with van der Waals surface area (Å²) in [4.78, 5) is 3.97. The molecule has 0 saturated carbocycles. The van der Waals surface area contributed by atoms with Crippen LogP contribution in [-0.2, 0) is 9.84 Å². The number of nitrogens with zero attached hydrogens (tertiary/aromatic N) is 1. The fraction of sp³-hybridized carbons (Fsp3) is 0.312. The second-order valence-corrected chi connectivity index (χ2v) is 6.83. The molecule has 0 aliphatic carbocycles. The molecular formula is C16H19NO2S. The average molecular weight is 289 g/mol. The minimum absolute atomic E-state index is 0.0215. The quantitative estimate of drug-likeness (QED) is 0.818. The third-order valence-corrected chi connectivity index (χ3v) is 5.01. The Morgan fingerprint density at radius 2 is 1.75 bits per heavy atom. The molecule has 1 atom stereocenters. The zero-order chi connectivity index (χ0) is 14.4. The Morgan fingerprint density at radius 3 is 2.35 bits per heavy atom. The van der Waals surface area contributed by atoms with Gasteiger partial charge in [-0.3, -0.25) is 0 Å². The average Bonchev–Trinajstić information content (AvgIpc) is 2.48. The van der Waals surface area contributed by atoms with Crippen molar-refractivity contribution in [1.82, 2.24) is 4.98 Å². The van der Waals surface area contributed by atoms with E-state index < -0.39 is 9.84 Å². The van der Waals surface area contributed by atoms with Gasteiger partial charge >= 0.3 is 0 Å². The van der Waals surface area contributed by atoms with Crippen LogP contribution in [-0.4, -0.2) is 19.2 Å². The standard InChI is InChI=1S/C16H19NO2S/c1-2-8-15(14-9-4-3-5-10-14)13-20(18,19)16-11-6-7-12-17-16/h3-7,9-12,15H,2,8,13H2,1H3/t15-/m0/s1. The first kappa shape index (κ1) is 14.7. The minimum Gasteiger partial charge on any atom is -0.245 e. The summed E-state index contributed by atoms with van der Waals surface area (Å²) < 4.78 is 24.9. The van der Waals surface area contributed by atoms with E-state index in [-0.39, 0.29) is 16.7 Å². The van der Waals surface area contributed by atoms with E-state index in [1.54, 1.807) is 18.2 Å². The van der Waals surface area contributed by atoms with Crippen molar-refractivity contribution in [3.05, 3.63) is 60.3 Å². The molecule has 0 bridgehead atoms. The molecule has 0 saturated heterocycles. The van der Waals surface area contributed by atoms with Crippen LogP contribution in [0.4, 0.5) is 0 Å². The summed E-state index contributed by atoms with van der Waals surface area (Å²) in [7, 11) is -3.34. The Labute approximate surface area is 120 Å².